The SMILES string of the molecule is COc1ccc(-c2nc(CSc3n[nH]c(=O)c4cc(-c5cccs5)nn34)c(C)o2)c(OC)c1. The molecular weight excluding hydrogens is 462 g/mol. The van der Waals surface area contributed by atoms with Crippen LogP contribution in [0.4, 0.5) is 0 Å². The average Bonchev–Trinajstić information content (AvgIpc) is 3.58. The Morgan fingerprint density at radius 1 is 1.21 bits per heavy atom. The summed E-state index contributed by atoms with van der Waals surface area (Å²) in [6.45, 7) is 1.86. The molecule has 0 spiro atoms. The van der Waals surface area contributed by atoms with Crippen molar-refractivity contribution in [1.82, 2.24) is 24.8 Å². The van der Waals surface area contributed by atoms with E-state index in [1.165, 1.54) is 11.8 Å². The number of H-pyrrole nitrogens is 1. The molecule has 5 rings (SSSR count). The highest BCUT2D eigenvalue weighted by Gasteiger charge is 2.18. The van der Waals surface area contributed by atoms with E-state index >= 15 is 0 Å². The predicted octanol–water partition coefficient (Wildman–Crippen LogP) is 4.42. The summed E-state index contributed by atoms with van der Waals surface area (Å²) in [6, 6.07) is 11.1. The summed E-state index contributed by atoms with van der Waals surface area (Å²) >= 11 is 2.98. The minimum atomic E-state index is -0.291. The van der Waals surface area contributed by atoms with Crippen molar-refractivity contribution in [3.8, 4) is 33.5 Å². The molecule has 11 heteroatoms. The second-order valence-corrected chi connectivity index (χ2v) is 8.91. The highest BCUT2D eigenvalue weighted by Crippen LogP contribution is 2.35. The van der Waals surface area contributed by atoms with E-state index in [0.717, 1.165) is 21.8 Å². The van der Waals surface area contributed by atoms with Gasteiger partial charge >= 0.3 is 0 Å². The van der Waals surface area contributed by atoms with Crippen LogP contribution in [0.2, 0.25) is 0 Å². The lowest BCUT2D eigenvalue weighted by Gasteiger charge is -2.07. The largest absolute Gasteiger partial charge is 0.497 e. The molecule has 1 N–H and O–H groups in total. The average molecular weight is 482 g/mol. The number of thiophene rings is 1. The maximum Gasteiger partial charge on any atom is 0.290 e. The highest BCUT2D eigenvalue weighted by atomic mass is 32.2. The van der Waals surface area contributed by atoms with Gasteiger partial charge in [-0.1, -0.05) is 17.8 Å². The van der Waals surface area contributed by atoms with Gasteiger partial charge in [-0.2, -0.15) is 5.10 Å². The van der Waals surface area contributed by atoms with Gasteiger partial charge in [-0.3, -0.25) is 4.79 Å². The van der Waals surface area contributed by atoms with E-state index in [-0.39, 0.29) is 5.56 Å². The molecule has 0 fully saturated rings. The first-order valence-electron chi connectivity index (χ1n) is 9.91. The molecule has 5 aromatic rings. The van der Waals surface area contributed by atoms with Crippen molar-refractivity contribution in [2.45, 2.75) is 17.8 Å². The summed E-state index contributed by atoms with van der Waals surface area (Å²) in [6.07, 6.45) is 0. The minimum absolute atomic E-state index is 0.291. The number of thioether (sulfide) groups is 1. The van der Waals surface area contributed by atoms with Crippen LogP contribution in [0.15, 0.2) is 56.1 Å². The van der Waals surface area contributed by atoms with Crippen LogP contribution in [-0.4, -0.2) is 39.0 Å². The smallest absolute Gasteiger partial charge is 0.290 e. The third-order valence-electron chi connectivity index (χ3n) is 5.02. The minimum Gasteiger partial charge on any atom is -0.497 e. The highest BCUT2D eigenvalue weighted by molar-refractivity contribution is 7.98. The fourth-order valence-corrected chi connectivity index (χ4v) is 4.90. The molecule has 4 heterocycles. The predicted molar refractivity (Wildman–Crippen MR) is 126 cm³/mol. The van der Waals surface area contributed by atoms with Gasteiger partial charge in [-0.25, -0.2) is 14.6 Å². The normalized spacial score (nSPS) is 11.2. The summed E-state index contributed by atoms with van der Waals surface area (Å²) < 4.78 is 18.2. The van der Waals surface area contributed by atoms with Crippen LogP contribution in [-0.2, 0) is 5.75 Å². The molecular formula is C22H19N5O4S2. The monoisotopic (exact) mass is 481 g/mol. The lowest BCUT2D eigenvalue weighted by molar-refractivity contribution is 0.394. The zero-order valence-electron chi connectivity index (χ0n) is 18.0. The number of oxazole rings is 1. The quantitative estimate of drug-likeness (QED) is 0.341. The van der Waals surface area contributed by atoms with E-state index in [2.05, 4.69) is 20.3 Å². The molecule has 0 saturated heterocycles. The lowest BCUT2D eigenvalue weighted by Crippen LogP contribution is -2.13. The van der Waals surface area contributed by atoms with Gasteiger partial charge in [0.25, 0.3) is 5.56 Å². The third kappa shape index (κ3) is 4.00. The maximum atomic E-state index is 12.3. The number of hydrogen-bond donors (Lipinski definition) is 1. The molecule has 0 aliphatic heterocycles. The first kappa shape index (κ1) is 21.3. The summed E-state index contributed by atoms with van der Waals surface area (Å²) in [5.74, 6) is 2.92. The van der Waals surface area contributed by atoms with Gasteiger partial charge in [-0.15, -0.1) is 16.4 Å². The number of ether oxygens (including phenoxy) is 2. The van der Waals surface area contributed by atoms with Gasteiger partial charge < -0.3 is 13.9 Å². The zero-order chi connectivity index (χ0) is 22.9. The Morgan fingerprint density at radius 3 is 2.85 bits per heavy atom. The maximum absolute atomic E-state index is 12.3. The molecule has 0 aliphatic carbocycles. The van der Waals surface area contributed by atoms with Gasteiger partial charge in [0.05, 0.1) is 30.4 Å². The van der Waals surface area contributed by atoms with E-state index in [4.69, 9.17) is 13.9 Å². The van der Waals surface area contributed by atoms with E-state index < -0.39 is 0 Å². The van der Waals surface area contributed by atoms with E-state index in [9.17, 15) is 4.79 Å². The number of methoxy groups -OCH3 is 2. The van der Waals surface area contributed by atoms with Gasteiger partial charge in [0.15, 0.2) is 0 Å². The van der Waals surface area contributed by atoms with Crippen LogP contribution in [0.1, 0.15) is 11.5 Å². The third-order valence-corrected chi connectivity index (χ3v) is 6.85. The molecule has 0 unspecified atom stereocenters. The number of aromatic nitrogens is 5. The van der Waals surface area contributed by atoms with E-state index in [1.807, 2.05) is 36.6 Å². The van der Waals surface area contributed by atoms with Gasteiger partial charge in [-0.05, 0) is 36.6 Å². The Kier molecular flexibility index (Phi) is 5.65. The molecule has 0 aliphatic rings. The van der Waals surface area contributed by atoms with Crippen molar-refractivity contribution in [2.75, 3.05) is 14.2 Å². The molecule has 0 radical (unpaired) electrons. The zero-order valence-corrected chi connectivity index (χ0v) is 19.6. The standard InChI is InChI=1S/C22H19N5O4S2/c1-12-16(23-21(31-12)14-7-6-13(29-2)9-18(14)30-3)11-33-22-25-24-20(28)17-10-15(26-27(17)22)19-5-4-8-32-19/h4-10H,11H2,1-3H3,(H,24,28). The van der Waals surface area contributed by atoms with Crippen molar-refractivity contribution >= 4 is 28.6 Å². The van der Waals surface area contributed by atoms with Crippen LogP contribution in [0.25, 0.3) is 27.5 Å². The van der Waals surface area contributed by atoms with Crippen molar-refractivity contribution in [1.29, 1.82) is 0 Å². The van der Waals surface area contributed by atoms with Crippen LogP contribution in [0.5, 0.6) is 11.5 Å². The lowest BCUT2D eigenvalue weighted by atomic mass is 10.2. The molecule has 4 aromatic heterocycles. The first-order valence-corrected chi connectivity index (χ1v) is 11.8. The summed E-state index contributed by atoms with van der Waals surface area (Å²) in [7, 11) is 3.19. The van der Waals surface area contributed by atoms with Crippen molar-refractivity contribution < 1.29 is 13.9 Å². The topological polar surface area (TPSA) is 108 Å². The van der Waals surface area contributed by atoms with Crippen LogP contribution >= 0.6 is 23.1 Å². The summed E-state index contributed by atoms with van der Waals surface area (Å²) in [4.78, 5) is 17.9. The number of benzene rings is 1. The molecule has 33 heavy (non-hydrogen) atoms. The van der Waals surface area contributed by atoms with Crippen LogP contribution in [0.3, 0.4) is 0 Å². The summed E-state index contributed by atoms with van der Waals surface area (Å²) in [5.41, 5.74) is 2.38. The van der Waals surface area contributed by atoms with Crippen molar-refractivity contribution in [2.24, 2.45) is 0 Å². The second kappa shape index (κ2) is 8.75. The number of nitrogens with zero attached hydrogens (tertiary/aromatic N) is 4. The van der Waals surface area contributed by atoms with Crippen molar-refractivity contribution in [3.63, 3.8) is 0 Å². The van der Waals surface area contributed by atoms with E-state index in [1.54, 1.807) is 42.2 Å². The Balaban J connectivity index is 1.43. The van der Waals surface area contributed by atoms with E-state index in [0.29, 0.717) is 39.6 Å². The number of aromatic amines is 1. The Morgan fingerprint density at radius 2 is 2.09 bits per heavy atom. The number of fused-ring (bicyclic) bond motifs is 1. The fourth-order valence-electron chi connectivity index (χ4n) is 3.32. The number of hydrogen-bond acceptors (Lipinski definition) is 9. The Labute approximate surface area is 196 Å². The Bertz CT molecular complexity index is 1490. The number of nitrogens with one attached hydrogen (secondary N) is 1. The van der Waals surface area contributed by atoms with Gasteiger partial charge in [0.2, 0.25) is 11.0 Å². The van der Waals surface area contributed by atoms with Gasteiger partial charge in [0.1, 0.15) is 28.5 Å². The van der Waals surface area contributed by atoms with Crippen LogP contribution < -0.4 is 15.0 Å². The molecule has 0 saturated carbocycles. The summed E-state index contributed by atoms with van der Waals surface area (Å²) in [5, 5.41) is 13.9. The molecule has 1 aromatic carbocycles. The fraction of sp³-hybridized carbons (Fsp3) is 0.182. The molecule has 0 atom stereocenters. The molecule has 168 valence electrons. The Hall–Kier alpha value is -3.57. The molecule has 0 bridgehead atoms. The molecule has 0 amide bonds. The molecule has 9 nitrogen and oxygen atoms in total. The van der Waals surface area contributed by atoms with Gasteiger partial charge in [0, 0.05) is 11.8 Å². The van der Waals surface area contributed by atoms with Crippen molar-refractivity contribution in [3.05, 3.63) is 63.6 Å². The first-order chi connectivity index (χ1) is 16.1. The number of rotatable bonds is 7. The second-order valence-electron chi connectivity index (χ2n) is 7.02. The number of aryl methyl sites for hydroxylation is 1. The van der Waals surface area contributed by atoms with Crippen LogP contribution in [0, 0.1) is 6.92 Å².